The van der Waals surface area contributed by atoms with Crippen LogP contribution in [0.5, 0.6) is 5.75 Å². The number of fused-ring (bicyclic) bond motifs is 4. The van der Waals surface area contributed by atoms with Gasteiger partial charge in [-0.2, -0.15) is 0 Å². The predicted molar refractivity (Wildman–Crippen MR) is 138 cm³/mol. The van der Waals surface area contributed by atoms with Gasteiger partial charge in [-0.15, -0.1) is 0 Å². The molecule has 162 valence electrons. The van der Waals surface area contributed by atoms with Crippen molar-refractivity contribution in [1.82, 2.24) is 4.57 Å². The molecular weight excluding hydrogens is 402 g/mol. The predicted octanol–water partition coefficient (Wildman–Crippen LogP) is 7.79. The SMILES string of the molecule is C=C1/C=C\C=C/Oc2ccc(C3=Cc4c5c(n(-c6ccccc6)c4CC3)CCC(C)=C5)cc21. The topological polar surface area (TPSA) is 14.2 Å². The quantitative estimate of drug-likeness (QED) is 0.405. The Bertz CT molecular complexity index is 1390. The number of hydrogen-bond acceptors (Lipinski definition) is 1. The number of rotatable bonds is 2. The molecule has 3 aromatic rings. The molecular formula is C31H27NO. The minimum atomic E-state index is 0.854. The van der Waals surface area contributed by atoms with Crippen molar-refractivity contribution >= 4 is 23.3 Å². The van der Waals surface area contributed by atoms with Gasteiger partial charge in [-0.3, -0.25) is 0 Å². The third kappa shape index (κ3) is 3.43. The molecule has 2 heteroatoms. The van der Waals surface area contributed by atoms with E-state index in [1.807, 2.05) is 18.2 Å². The van der Waals surface area contributed by atoms with E-state index in [0.29, 0.717) is 0 Å². The Hall–Kier alpha value is -3.78. The molecule has 0 bridgehead atoms. The molecule has 1 aromatic heterocycles. The van der Waals surface area contributed by atoms with Gasteiger partial charge in [0.1, 0.15) is 5.75 Å². The molecule has 0 fully saturated rings. The number of benzene rings is 2. The van der Waals surface area contributed by atoms with E-state index in [-0.39, 0.29) is 0 Å². The molecule has 1 aliphatic heterocycles. The molecule has 2 aliphatic carbocycles. The average Bonchev–Trinajstić information content (AvgIpc) is 3.16. The standard InChI is InChI=1S/C31H27NO/c1-21-11-14-29-27(18-21)28-20-23(12-15-30(28)32(29)25-9-4-3-5-10-25)24-13-16-31-26(19-24)22(2)8-6-7-17-33-31/h3-10,13,16-20H,2,11-12,14-15H2,1H3/b8-6-,17-7-. The van der Waals surface area contributed by atoms with Crippen LogP contribution in [0.3, 0.4) is 0 Å². The highest BCUT2D eigenvalue weighted by Crippen LogP contribution is 2.41. The number of nitrogens with zero attached hydrogens (tertiary/aromatic N) is 1. The maximum atomic E-state index is 5.81. The molecule has 3 aliphatic rings. The molecule has 0 saturated heterocycles. The monoisotopic (exact) mass is 429 g/mol. The molecule has 0 unspecified atom stereocenters. The summed E-state index contributed by atoms with van der Waals surface area (Å²) in [5, 5.41) is 0. The second-order valence-corrected chi connectivity index (χ2v) is 9.09. The van der Waals surface area contributed by atoms with Gasteiger partial charge in [0.25, 0.3) is 0 Å². The summed E-state index contributed by atoms with van der Waals surface area (Å²) in [6.07, 6.45) is 16.7. The van der Waals surface area contributed by atoms with E-state index in [1.165, 1.54) is 44.9 Å². The minimum absolute atomic E-state index is 0.854. The molecule has 2 heterocycles. The van der Waals surface area contributed by atoms with Crippen LogP contribution in [0.1, 0.15) is 53.4 Å². The van der Waals surface area contributed by atoms with Gasteiger partial charge in [-0.05, 0) is 85.7 Å². The van der Waals surface area contributed by atoms with Gasteiger partial charge in [0.05, 0.1) is 6.26 Å². The van der Waals surface area contributed by atoms with Crippen molar-refractivity contribution in [2.45, 2.75) is 32.6 Å². The van der Waals surface area contributed by atoms with Crippen LogP contribution in [0.4, 0.5) is 0 Å². The number of aromatic nitrogens is 1. The van der Waals surface area contributed by atoms with Crippen molar-refractivity contribution in [1.29, 1.82) is 0 Å². The highest BCUT2D eigenvalue weighted by atomic mass is 16.5. The van der Waals surface area contributed by atoms with Crippen LogP contribution in [0.25, 0.3) is 29.0 Å². The van der Waals surface area contributed by atoms with Crippen molar-refractivity contribution in [3.05, 3.63) is 119 Å². The summed E-state index contributed by atoms with van der Waals surface area (Å²) in [5.41, 5.74) is 13.1. The van der Waals surface area contributed by atoms with E-state index in [0.717, 1.165) is 42.6 Å². The Morgan fingerprint density at radius 3 is 2.48 bits per heavy atom. The van der Waals surface area contributed by atoms with Crippen LogP contribution in [0.2, 0.25) is 0 Å². The summed E-state index contributed by atoms with van der Waals surface area (Å²) in [6, 6.07) is 17.3. The second kappa shape index (κ2) is 7.97. The molecule has 6 rings (SSSR count). The van der Waals surface area contributed by atoms with Crippen LogP contribution < -0.4 is 4.74 Å². The largest absolute Gasteiger partial charge is 0.464 e. The van der Waals surface area contributed by atoms with E-state index in [2.05, 4.69) is 78.8 Å². The van der Waals surface area contributed by atoms with E-state index >= 15 is 0 Å². The smallest absolute Gasteiger partial charge is 0.134 e. The van der Waals surface area contributed by atoms with Crippen LogP contribution in [0.15, 0.2) is 85.2 Å². The van der Waals surface area contributed by atoms with Crippen molar-refractivity contribution in [2.75, 3.05) is 0 Å². The normalized spacial score (nSPS) is 18.5. The zero-order chi connectivity index (χ0) is 22.4. The van der Waals surface area contributed by atoms with Gasteiger partial charge in [-0.1, -0.05) is 54.6 Å². The first-order valence-electron chi connectivity index (χ1n) is 11.7. The van der Waals surface area contributed by atoms with E-state index < -0.39 is 0 Å². The molecule has 0 saturated carbocycles. The maximum Gasteiger partial charge on any atom is 0.134 e. The molecule has 0 N–H and O–H groups in total. The molecule has 0 atom stereocenters. The Kier molecular flexibility index (Phi) is 4.80. The number of para-hydroxylation sites is 1. The summed E-state index contributed by atoms with van der Waals surface area (Å²) in [6.45, 7) is 6.51. The second-order valence-electron chi connectivity index (χ2n) is 9.09. The molecule has 33 heavy (non-hydrogen) atoms. The summed E-state index contributed by atoms with van der Waals surface area (Å²) < 4.78 is 8.33. The molecule has 2 nitrogen and oxygen atoms in total. The fourth-order valence-electron chi connectivity index (χ4n) is 5.28. The Labute approximate surface area is 195 Å². The molecule has 0 amide bonds. The third-order valence-corrected chi connectivity index (χ3v) is 6.94. The summed E-state index contributed by atoms with van der Waals surface area (Å²) in [4.78, 5) is 0. The van der Waals surface area contributed by atoms with Gasteiger partial charge >= 0.3 is 0 Å². The zero-order valence-electron chi connectivity index (χ0n) is 19.0. The molecule has 0 radical (unpaired) electrons. The first-order chi connectivity index (χ1) is 16.2. The Morgan fingerprint density at radius 1 is 0.848 bits per heavy atom. The van der Waals surface area contributed by atoms with E-state index in [4.69, 9.17) is 4.74 Å². The highest BCUT2D eigenvalue weighted by Gasteiger charge is 2.26. The van der Waals surface area contributed by atoms with Crippen LogP contribution in [0, 0.1) is 0 Å². The van der Waals surface area contributed by atoms with Crippen LogP contribution in [-0.2, 0) is 12.8 Å². The number of allylic oxidation sites excluding steroid dienone is 6. The first-order valence-corrected chi connectivity index (χ1v) is 11.7. The lowest BCUT2D eigenvalue weighted by Crippen LogP contribution is -2.08. The van der Waals surface area contributed by atoms with Gasteiger partial charge in [0, 0.05) is 33.8 Å². The van der Waals surface area contributed by atoms with Gasteiger partial charge in [0.15, 0.2) is 0 Å². The van der Waals surface area contributed by atoms with Gasteiger partial charge < -0.3 is 9.30 Å². The van der Waals surface area contributed by atoms with Crippen molar-refractivity contribution < 1.29 is 4.74 Å². The number of ether oxygens (including phenoxy) is 1. The van der Waals surface area contributed by atoms with Gasteiger partial charge in [-0.25, -0.2) is 0 Å². The zero-order valence-corrected chi connectivity index (χ0v) is 19.0. The summed E-state index contributed by atoms with van der Waals surface area (Å²) in [5.74, 6) is 0.854. The average molecular weight is 430 g/mol. The maximum absolute atomic E-state index is 5.81. The molecule has 2 aromatic carbocycles. The third-order valence-electron chi connectivity index (χ3n) is 6.94. The molecule has 0 spiro atoms. The summed E-state index contributed by atoms with van der Waals surface area (Å²) >= 11 is 0. The fourth-order valence-corrected chi connectivity index (χ4v) is 5.28. The lowest BCUT2D eigenvalue weighted by molar-refractivity contribution is 0.479. The first kappa shape index (κ1) is 19.9. The van der Waals surface area contributed by atoms with Crippen molar-refractivity contribution in [2.24, 2.45) is 0 Å². The minimum Gasteiger partial charge on any atom is -0.464 e. The van der Waals surface area contributed by atoms with Crippen LogP contribution >= 0.6 is 0 Å². The number of hydrogen-bond donors (Lipinski definition) is 0. The van der Waals surface area contributed by atoms with E-state index in [1.54, 1.807) is 6.26 Å². The fraction of sp³-hybridized carbons (Fsp3) is 0.161. The lowest BCUT2D eigenvalue weighted by Gasteiger charge is -2.19. The van der Waals surface area contributed by atoms with Crippen LogP contribution in [-0.4, -0.2) is 4.57 Å². The van der Waals surface area contributed by atoms with Crippen molar-refractivity contribution in [3.8, 4) is 11.4 Å². The van der Waals surface area contributed by atoms with Crippen molar-refractivity contribution in [3.63, 3.8) is 0 Å². The Morgan fingerprint density at radius 2 is 1.64 bits per heavy atom. The Balaban J connectivity index is 1.49. The summed E-state index contributed by atoms with van der Waals surface area (Å²) in [7, 11) is 0. The van der Waals surface area contributed by atoms with Gasteiger partial charge in [0.2, 0.25) is 0 Å². The van der Waals surface area contributed by atoms with E-state index in [9.17, 15) is 0 Å². The lowest BCUT2D eigenvalue weighted by atomic mass is 9.87. The highest BCUT2D eigenvalue weighted by molar-refractivity contribution is 5.90.